The van der Waals surface area contributed by atoms with E-state index in [-0.39, 0.29) is 0 Å². The Labute approximate surface area is 105 Å². The van der Waals surface area contributed by atoms with Gasteiger partial charge in [-0.1, -0.05) is 37.8 Å². The third-order valence-electron chi connectivity index (χ3n) is 4.41. The van der Waals surface area contributed by atoms with E-state index >= 15 is 0 Å². The largest absolute Gasteiger partial charge is 0.381 e. The molecule has 94 valence electrons. The maximum Gasteiger partial charge on any atom is 0.0388 e. The lowest BCUT2D eigenvalue weighted by atomic mass is 9.97. The normalized spacial score (nSPS) is 30.0. The molecule has 0 aromatic heterocycles. The molecule has 1 saturated heterocycles. The summed E-state index contributed by atoms with van der Waals surface area (Å²) in [7, 11) is 0. The van der Waals surface area contributed by atoms with Gasteiger partial charge in [0, 0.05) is 24.8 Å². The Morgan fingerprint density at radius 1 is 1.12 bits per heavy atom. The van der Waals surface area contributed by atoms with Crippen LogP contribution in [0.25, 0.3) is 0 Å². The molecule has 0 aromatic rings. The minimum atomic E-state index is 0.647. The van der Waals surface area contributed by atoms with Gasteiger partial charge in [0.05, 0.1) is 0 Å². The van der Waals surface area contributed by atoms with E-state index < -0.39 is 0 Å². The van der Waals surface area contributed by atoms with Crippen LogP contribution in [0.1, 0.15) is 44.9 Å². The Bertz CT molecular complexity index is 324. The van der Waals surface area contributed by atoms with Gasteiger partial charge in [0.2, 0.25) is 0 Å². The molecule has 2 heteroatoms. The summed E-state index contributed by atoms with van der Waals surface area (Å²) in [5.74, 6) is 0.976. The summed E-state index contributed by atoms with van der Waals surface area (Å²) < 4.78 is 0. The summed E-state index contributed by atoms with van der Waals surface area (Å²) in [5.41, 5.74) is 2.91. The first kappa shape index (κ1) is 11.3. The van der Waals surface area contributed by atoms with Gasteiger partial charge in [0.15, 0.2) is 0 Å². The molecule has 1 heterocycles. The van der Waals surface area contributed by atoms with E-state index in [1.54, 1.807) is 0 Å². The van der Waals surface area contributed by atoms with Gasteiger partial charge in [-0.15, -0.1) is 0 Å². The fourth-order valence-corrected chi connectivity index (χ4v) is 3.49. The Morgan fingerprint density at radius 3 is 2.82 bits per heavy atom. The molecule has 2 fully saturated rings. The summed E-state index contributed by atoms with van der Waals surface area (Å²) in [6, 6.07) is 0.647. The monoisotopic (exact) mass is 232 g/mol. The van der Waals surface area contributed by atoms with Crippen LogP contribution in [0.15, 0.2) is 23.4 Å². The highest BCUT2D eigenvalue weighted by molar-refractivity contribution is 5.34. The van der Waals surface area contributed by atoms with Crippen LogP contribution < -0.4 is 10.6 Å². The number of fused-ring (bicyclic) bond motifs is 1. The number of hydrogen-bond acceptors (Lipinski definition) is 2. The van der Waals surface area contributed by atoms with Crippen molar-refractivity contribution in [2.24, 2.45) is 5.92 Å². The summed E-state index contributed by atoms with van der Waals surface area (Å²) in [6.07, 6.45) is 14.4. The molecular formula is C15H24N2. The van der Waals surface area contributed by atoms with Gasteiger partial charge in [-0.05, 0) is 30.8 Å². The molecule has 1 saturated carbocycles. The quantitative estimate of drug-likeness (QED) is 0.765. The van der Waals surface area contributed by atoms with Crippen LogP contribution in [0.5, 0.6) is 0 Å². The highest BCUT2D eigenvalue weighted by atomic mass is 15.0. The molecule has 1 atom stereocenters. The zero-order valence-corrected chi connectivity index (χ0v) is 10.7. The van der Waals surface area contributed by atoms with Gasteiger partial charge in [-0.25, -0.2) is 0 Å². The molecule has 3 rings (SSSR count). The SMILES string of the molecule is C1=C2CNCC(CC3CCCC3)NC2=CCC1. The number of nitrogens with one attached hydrogen (secondary N) is 2. The van der Waals surface area contributed by atoms with E-state index in [1.165, 1.54) is 56.2 Å². The molecule has 0 radical (unpaired) electrons. The third kappa shape index (κ3) is 2.74. The molecule has 3 aliphatic rings. The van der Waals surface area contributed by atoms with E-state index in [0.29, 0.717) is 6.04 Å². The molecule has 0 bridgehead atoms. The molecule has 1 aliphatic heterocycles. The van der Waals surface area contributed by atoms with Crippen molar-refractivity contribution in [2.75, 3.05) is 13.1 Å². The lowest BCUT2D eigenvalue weighted by molar-refractivity contribution is 0.404. The highest BCUT2D eigenvalue weighted by Gasteiger charge is 2.23. The number of rotatable bonds is 2. The second-order valence-corrected chi connectivity index (χ2v) is 5.78. The molecule has 17 heavy (non-hydrogen) atoms. The third-order valence-corrected chi connectivity index (χ3v) is 4.41. The maximum absolute atomic E-state index is 3.78. The average Bonchev–Trinajstić information content (AvgIpc) is 2.76. The Hall–Kier alpha value is -0.760. The molecular weight excluding hydrogens is 208 g/mol. The standard InChI is InChI=1S/C15H24N2/c1-2-6-12(5-1)9-14-11-16-10-13-7-3-4-8-15(13)17-14/h7-8,12,14,16-17H,1-6,9-11H2. The van der Waals surface area contributed by atoms with E-state index in [9.17, 15) is 0 Å². The minimum absolute atomic E-state index is 0.647. The minimum Gasteiger partial charge on any atom is -0.381 e. The molecule has 0 spiro atoms. The zero-order valence-electron chi connectivity index (χ0n) is 10.7. The Kier molecular flexibility index (Phi) is 3.51. The van der Waals surface area contributed by atoms with Gasteiger partial charge >= 0.3 is 0 Å². The maximum atomic E-state index is 3.78. The summed E-state index contributed by atoms with van der Waals surface area (Å²) in [6.45, 7) is 2.19. The molecule has 0 aromatic carbocycles. The van der Waals surface area contributed by atoms with Crippen LogP contribution in [-0.4, -0.2) is 19.1 Å². The summed E-state index contributed by atoms with van der Waals surface area (Å²) in [4.78, 5) is 0. The van der Waals surface area contributed by atoms with Crippen molar-refractivity contribution in [1.29, 1.82) is 0 Å². The van der Waals surface area contributed by atoms with Crippen molar-refractivity contribution in [1.82, 2.24) is 10.6 Å². The van der Waals surface area contributed by atoms with Crippen LogP contribution in [0.2, 0.25) is 0 Å². The van der Waals surface area contributed by atoms with Gasteiger partial charge in [-0.2, -0.15) is 0 Å². The van der Waals surface area contributed by atoms with Crippen LogP contribution >= 0.6 is 0 Å². The highest BCUT2D eigenvalue weighted by Crippen LogP contribution is 2.29. The zero-order chi connectivity index (χ0) is 11.5. The number of allylic oxidation sites excluding steroid dienone is 2. The molecule has 2 N–H and O–H groups in total. The van der Waals surface area contributed by atoms with Crippen molar-refractivity contribution in [3.63, 3.8) is 0 Å². The van der Waals surface area contributed by atoms with Crippen LogP contribution in [0, 0.1) is 5.92 Å². The van der Waals surface area contributed by atoms with E-state index in [0.717, 1.165) is 19.0 Å². The Balaban J connectivity index is 1.62. The van der Waals surface area contributed by atoms with Crippen LogP contribution in [0.3, 0.4) is 0 Å². The van der Waals surface area contributed by atoms with Crippen molar-refractivity contribution in [2.45, 2.75) is 51.0 Å². The molecule has 2 nitrogen and oxygen atoms in total. The predicted octanol–water partition coefficient (Wildman–Crippen LogP) is 2.73. The topological polar surface area (TPSA) is 24.1 Å². The number of hydrogen-bond donors (Lipinski definition) is 2. The lowest BCUT2D eigenvalue weighted by Crippen LogP contribution is -2.36. The van der Waals surface area contributed by atoms with Crippen LogP contribution in [-0.2, 0) is 0 Å². The van der Waals surface area contributed by atoms with Gasteiger partial charge in [-0.3, -0.25) is 0 Å². The van der Waals surface area contributed by atoms with Crippen molar-refractivity contribution in [3.05, 3.63) is 23.4 Å². The van der Waals surface area contributed by atoms with Crippen LogP contribution in [0.4, 0.5) is 0 Å². The first-order valence-corrected chi connectivity index (χ1v) is 7.28. The van der Waals surface area contributed by atoms with Crippen molar-refractivity contribution >= 4 is 0 Å². The van der Waals surface area contributed by atoms with Gasteiger partial charge in [0.1, 0.15) is 0 Å². The van der Waals surface area contributed by atoms with E-state index in [1.807, 2.05) is 0 Å². The molecule has 0 amide bonds. The summed E-state index contributed by atoms with van der Waals surface area (Å²) in [5, 5.41) is 7.37. The van der Waals surface area contributed by atoms with Crippen molar-refractivity contribution < 1.29 is 0 Å². The molecule has 2 aliphatic carbocycles. The summed E-state index contributed by atoms with van der Waals surface area (Å²) >= 11 is 0. The first-order chi connectivity index (χ1) is 8.42. The lowest BCUT2D eigenvalue weighted by Gasteiger charge is -2.23. The fourth-order valence-electron chi connectivity index (χ4n) is 3.49. The fraction of sp³-hybridized carbons (Fsp3) is 0.733. The van der Waals surface area contributed by atoms with Gasteiger partial charge < -0.3 is 10.6 Å². The first-order valence-electron chi connectivity index (χ1n) is 7.28. The predicted molar refractivity (Wildman–Crippen MR) is 71.8 cm³/mol. The second-order valence-electron chi connectivity index (χ2n) is 5.78. The smallest absolute Gasteiger partial charge is 0.0388 e. The van der Waals surface area contributed by atoms with Gasteiger partial charge in [0.25, 0.3) is 0 Å². The van der Waals surface area contributed by atoms with E-state index in [2.05, 4.69) is 22.8 Å². The van der Waals surface area contributed by atoms with E-state index in [4.69, 9.17) is 0 Å². The molecule has 1 unspecified atom stereocenters. The van der Waals surface area contributed by atoms with Crippen molar-refractivity contribution in [3.8, 4) is 0 Å². The Morgan fingerprint density at radius 2 is 1.94 bits per heavy atom. The average molecular weight is 232 g/mol. The second kappa shape index (κ2) is 5.26.